The molecule has 2 rings (SSSR count). The minimum atomic E-state index is -0.564. The fourth-order valence-electron chi connectivity index (χ4n) is 2.16. The van der Waals surface area contributed by atoms with Gasteiger partial charge in [-0.1, -0.05) is 29.3 Å². The van der Waals surface area contributed by atoms with E-state index in [0.717, 1.165) is 17.8 Å². The van der Waals surface area contributed by atoms with Crippen molar-refractivity contribution < 1.29 is 18.8 Å². The molecule has 28 heavy (non-hydrogen) atoms. The van der Waals surface area contributed by atoms with Crippen LogP contribution in [-0.2, 0) is 9.59 Å². The number of likely N-dealkylation sites (N-methyl/N-ethyl adjacent to an activating group) is 1. The monoisotopic (exact) mass is 442 g/mol. The number of nitrogens with one attached hydrogen (secondary N) is 1. The molecule has 1 N–H and O–H groups in total. The summed E-state index contributed by atoms with van der Waals surface area (Å²) >= 11 is 12.7. The molecular weight excluding hydrogens is 426 g/mol. The number of carbonyl (C=O) groups excluding carboxylic acids is 3. The molecule has 0 spiro atoms. The van der Waals surface area contributed by atoms with Crippen LogP contribution in [0.1, 0.15) is 17.3 Å². The third-order valence-electron chi connectivity index (χ3n) is 3.70. The van der Waals surface area contributed by atoms with Crippen LogP contribution >= 0.6 is 35.0 Å². The number of benzene rings is 2. The lowest BCUT2D eigenvalue weighted by Crippen LogP contribution is -2.35. The number of halogens is 3. The van der Waals surface area contributed by atoms with E-state index in [-0.39, 0.29) is 34.4 Å². The van der Waals surface area contributed by atoms with Crippen molar-refractivity contribution in [3.8, 4) is 0 Å². The number of amides is 2. The molecule has 2 aromatic rings. The zero-order chi connectivity index (χ0) is 20.8. The smallest absolute Gasteiger partial charge is 0.243 e. The lowest BCUT2D eigenvalue weighted by atomic mass is 10.1. The van der Waals surface area contributed by atoms with E-state index in [1.54, 1.807) is 12.1 Å². The fourth-order valence-corrected chi connectivity index (χ4v) is 3.32. The van der Waals surface area contributed by atoms with Gasteiger partial charge in [0.2, 0.25) is 11.8 Å². The number of ketones is 1. The maximum Gasteiger partial charge on any atom is 0.243 e. The minimum Gasteiger partial charge on any atom is -0.336 e. The van der Waals surface area contributed by atoms with Crippen molar-refractivity contribution in [2.45, 2.75) is 11.8 Å². The normalized spacial score (nSPS) is 10.5. The topological polar surface area (TPSA) is 66.5 Å². The summed E-state index contributed by atoms with van der Waals surface area (Å²) in [6.45, 7) is 1.18. The molecule has 0 fully saturated rings. The second-order valence-electron chi connectivity index (χ2n) is 5.92. The largest absolute Gasteiger partial charge is 0.336 e. The van der Waals surface area contributed by atoms with Gasteiger partial charge in [-0.15, -0.1) is 11.8 Å². The summed E-state index contributed by atoms with van der Waals surface area (Å²) in [6, 6.07) is 8.76. The van der Waals surface area contributed by atoms with Gasteiger partial charge in [-0.3, -0.25) is 14.4 Å². The molecule has 148 valence electrons. The third-order valence-corrected chi connectivity index (χ3v) is 5.47. The van der Waals surface area contributed by atoms with Crippen LogP contribution < -0.4 is 5.32 Å². The third kappa shape index (κ3) is 6.22. The van der Waals surface area contributed by atoms with Crippen molar-refractivity contribution in [1.29, 1.82) is 0 Å². The second kappa shape index (κ2) is 9.91. The first-order valence-electron chi connectivity index (χ1n) is 8.09. The van der Waals surface area contributed by atoms with Crippen molar-refractivity contribution >= 4 is 58.2 Å². The summed E-state index contributed by atoms with van der Waals surface area (Å²) < 4.78 is 14.0. The maximum absolute atomic E-state index is 14.0. The summed E-state index contributed by atoms with van der Waals surface area (Å²) in [4.78, 5) is 37.0. The van der Waals surface area contributed by atoms with Gasteiger partial charge in [0.05, 0.1) is 22.3 Å². The molecule has 0 saturated heterocycles. The molecule has 0 aromatic heterocycles. The van der Waals surface area contributed by atoms with Gasteiger partial charge in [-0.25, -0.2) is 4.39 Å². The van der Waals surface area contributed by atoms with E-state index in [0.29, 0.717) is 15.7 Å². The van der Waals surface area contributed by atoms with E-state index in [2.05, 4.69) is 5.32 Å². The Bertz CT molecular complexity index is 924. The zero-order valence-corrected chi connectivity index (χ0v) is 17.4. The average Bonchev–Trinajstić information content (AvgIpc) is 2.63. The van der Waals surface area contributed by atoms with Crippen molar-refractivity contribution in [2.24, 2.45) is 0 Å². The number of thioether (sulfide) groups is 1. The van der Waals surface area contributed by atoms with Crippen LogP contribution in [0.4, 0.5) is 10.1 Å². The molecule has 0 bridgehead atoms. The second-order valence-corrected chi connectivity index (χ2v) is 7.75. The van der Waals surface area contributed by atoms with Crippen LogP contribution in [0.25, 0.3) is 0 Å². The number of carbonyl (C=O) groups is 3. The van der Waals surface area contributed by atoms with E-state index in [4.69, 9.17) is 23.2 Å². The molecule has 0 unspecified atom stereocenters. The SMILES string of the molecule is CC(=O)c1ccc(SCC(=O)N(C)CC(=O)Nc2ccc(Cl)c(Cl)c2)c(F)c1. The molecule has 0 saturated carbocycles. The molecule has 5 nitrogen and oxygen atoms in total. The van der Waals surface area contributed by atoms with Gasteiger partial charge >= 0.3 is 0 Å². The minimum absolute atomic E-state index is 0.0487. The Kier molecular flexibility index (Phi) is 7.86. The summed E-state index contributed by atoms with van der Waals surface area (Å²) in [7, 11) is 1.48. The Morgan fingerprint density at radius 1 is 1.11 bits per heavy atom. The lowest BCUT2D eigenvalue weighted by Gasteiger charge is -2.17. The Balaban J connectivity index is 1.87. The Morgan fingerprint density at radius 3 is 2.43 bits per heavy atom. The molecule has 0 atom stereocenters. The molecule has 2 amide bonds. The fraction of sp³-hybridized carbons (Fsp3) is 0.211. The first-order chi connectivity index (χ1) is 13.2. The summed E-state index contributed by atoms with van der Waals surface area (Å²) in [5, 5.41) is 3.29. The first-order valence-corrected chi connectivity index (χ1v) is 9.83. The number of rotatable bonds is 7. The standard InChI is InChI=1S/C19H17Cl2FN2O3S/c1-11(25)12-3-6-17(16(22)7-12)28-10-19(27)24(2)9-18(26)23-13-4-5-14(20)15(21)8-13/h3-8H,9-10H2,1-2H3,(H,23,26). The van der Waals surface area contributed by atoms with Gasteiger partial charge in [-0.2, -0.15) is 0 Å². The van der Waals surface area contributed by atoms with Gasteiger partial charge in [-0.05, 0) is 37.3 Å². The van der Waals surface area contributed by atoms with Crippen LogP contribution in [0.5, 0.6) is 0 Å². The lowest BCUT2D eigenvalue weighted by molar-refractivity contribution is -0.131. The first kappa shape index (κ1) is 22.2. The van der Waals surface area contributed by atoms with Gasteiger partial charge in [0.1, 0.15) is 5.82 Å². The van der Waals surface area contributed by atoms with Crippen molar-refractivity contribution in [1.82, 2.24) is 4.90 Å². The van der Waals surface area contributed by atoms with Gasteiger partial charge in [0.15, 0.2) is 5.78 Å². The van der Waals surface area contributed by atoms with Crippen LogP contribution in [-0.4, -0.2) is 41.8 Å². The van der Waals surface area contributed by atoms with Crippen LogP contribution in [0.2, 0.25) is 10.0 Å². The van der Waals surface area contributed by atoms with Crippen molar-refractivity contribution in [3.05, 3.63) is 57.8 Å². The van der Waals surface area contributed by atoms with Crippen molar-refractivity contribution in [3.63, 3.8) is 0 Å². The molecule has 0 heterocycles. The highest BCUT2D eigenvalue weighted by molar-refractivity contribution is 8.00. The highest BCUT2D eigenvalue weighted by Crippen LogP contribution is 2.25. The molecule has 0 aliphatic rings. The molecule has 2 aromatic carbocycles. The highest BCUT2D eigenvalue weighted by atomic mass is 35.5. The average molecular weight is 443 g/mol. The van der Waals surface area contributed by atoms with Crippen LogP contribution in [0, 0.1) is 5.82 Å². The van der Waals surface area contributed by atoms with Gasteiger partial charge in [0.25, 0.3) is 0 Å². The summed E-state index contributed by atoms with van der Waals surface area (Å²) in [5.74, 6) is -1.60. The molecule has 9 heteroatoms. The number of nitrogens with zero attached hydrogens (tertiary/aromatic N) is 1. The van der Waals surface area contributed by atoms with E-state index in [9.17, 15) is 18.8 Å². The number of hydrogen-bond donors (Lipinski definition) is 1. The van der Waals surface area contributed by atoms with E-state index in [1.165, 1.54) is 37.1 Å². The summed E-state index contributed by atoms with van der Waals surface area (Å²) in [6.07, 6.45) is 0. The Labute approximate surface area is 176 Å². The molecule has 0 aliphatic carbocycles. The van der Waals surface area contributed by atoms with Crippen LogP contribution in [0.3, 0.4) is 0 Å². The quantitative estimate of drug-likeness (QED) is 0.505. The number of anilines is 1. The number of hydrogen-bond acceptors (Lipinski definition) is 4. The summed E-state index contributed by atoms with van der Waals surface area (Å²) in [5.41, 5.74) is 0.728. The van der Waals surface area contributed by atoms with Gasteiger partial charge < -0.3 is 10.2 Å². The van der Waals surface area contributed by atoms with E-state index < -0.39 is 11.7 Å². The van der Waals surface area contributed by atoms with Gasteiger partial charge in [0, 0.05) is 23.2 Å². The zero-order valence-electron chi connectivity index (χ0n) is 15.1. The maximum atomic E-state index is 14.0. The molecule has 0 radical (unpaired) electrons. The van der Waals surface area contributed by atoms with Crippen molar-refractivity contribution in [2.75, 3.05) is 24.7 Å². The molecular formula is C19H17Cl2FN2O3S. The van der Waals surface area contributed by atoms with E-state index in [1.807, 2.05) is 0 Å². The highest BCUT2D eigenvalue weighted by Gasteiger charge is 2.15. The predicted octanol–water partition coefficient (Wildman–Crippen LogP) is 4.52. The van der Waals surface area contributed by atoms with Crippen LogP contribution in [0.15, 0.2) is 41.3 Å². The Hall–Kier alpha value is -2.09. The Morgan fingerprint density at radius 2 is 1.82 bits per heavy atom. The number of Topliss-reactive ketones (excluding diaryl/α,β-unsaturated/α-hetero) is 1. The molecule has 0 aliphatic heterocycles. The van der Waals surface area contributed by atoms with E-state index >= 15 is 0 Å². The predicted molar refractivity (Wildman–Crippen MR) is 110 cm³/mol.